The Morgan fingerprint density at radius 3 is 2.62 bits per heavy atom. The minimum absolute atomic E-state index is 0.0156. The predicted octanol–water partition coefficient (Wildman–Crippen LogP) is 3.51. The number of sulfonamides is 1. The van der Waals surface area contributed by atoms with E-state index < -0.39 is 10.0 Å². The Morgan fingerprint density at radius 2 is 1.90 bits per heavy atom. The van der Waals surface area contributed by atoms with E-state index in [4.69, 9.17) is 4.42 Å². The lowest BCUT2D eigenvalue weighted by atomic mass is 9.98. The lowest BCUT2D eigenvalue weighted by molar-refractivity contribution is 0.0988. The molecule has 0 aliphatic carbocycles. The Bertz CT molecular complexity index is 1170. The molecule has 7 heteroatoms. The second-order valence-electron chi connectivity index (χ2n) is 7.15. The maximum absolute atomic E-state index is 13.2. The van der Waals surface area contributed by atoms with Crippen LogP contribution >= 0.6 is 0 Å². The quantitative estimate of drug-likeness (QED) is 0.698. The molecule has 1 aliphatic heterocycles. The zero-order valence-electron chi connectivity index (χ0n) is 16.3. The summed E-state index contributed by atoms with van der Waals surface area (Å²) in [6.07, 6.45) is 1.87. The van der Waals surface area contributed by atoms with Gasteiger partial charge in [0.05, 0.1) is 18.4 Å². The molecule has 29 heavy (non-hydrogen) atoms. The molecule has 2 aromatic carbocycles. The Balaban J connectivity index is 1.62. The fourth-order valence-corrected chi connectivity index (χ4v) is 4.13. The van der Waals surface area contributed by atoms with Gasteiger partial charge in [0, 0.05) is 12.2 Å². The maximum atomic E-state index is 13.2. The molecule has 1 aliphatic rings. The number of anilines is 1. The van der Waals surface area contributed by atoms with Crippen LogP contribution in [0.15, 0.2) is 59.0 Å². The van der Waals surface area contributed by atoms with Crippen LogP contribution in [0.2, 0.25) is 0 Å². The summed E-state index contributed by atoms with van der Waals surface area (Å²) in [6.45, 7) is 2.33. The van der Waals surface area contributed by atoms with Crippen molar-refractivity contribution in [2.45, 2.75) is 19.9 Å². The highest BCUT2D eigenvalue weighted by Crippen LogP contribution is 2.37. The van der Waals surface area contributed by atoms with Crippen LogP contribution in [-0.2, 0) is 23.0 Å². The largest absolute Gasteiger partial charge is 0.464 e. The topological polar surface area (TPSA) is 79.6 Å². The van der Waals surface area contributed by atoms with Gasteiger partial charge in [-0.05, 0) is 42.2 Å². The van der Waals surface area contributed by atoms with E-state index in [1.54, 1.807) is 17.9 Å². The molecule has 1 N–H and O–H groups in total. The molecule has 0 saturated heterocycles. The molecule has 3 aromatic rings. The number of benzene rings is 2. The zero-order valence-corrected chi connectivity index (χ0v) is 17.1. The van der Waals surface area contributed by atoms with E-state index in [1.807, 2.05) is 30.3 Å². The molecule has 0 radical (unpaired) electrons. The number of hydrogen-bond donors (Lipinski definition) is 1. The number of aryl methyl sites for hydroxylation is 1. The van der Waals surface area contributed by atoms with Crippen LogP contribution in [0.5, 0.6) is 0 Å². The summed E-state index contributed by atoms with van der Waals surface area (Å²) in [7, 11) is -3.34. The van der Waals surface area contributed by atoms with Gasteiger partial charge in [-0.1, -0.05) is 42.5 Å². The number of amides is 1. The van der Waals surface area contributed by atoms with Crippen molar-refractivity contribution >= 4 is 21.6 Å². The summed E-state index contributed by atoms with van der Waals surface area (Å²) in [5.74, 6) is 0.752. The second-order valence-corrected chi connectivity index (χ2v) is 8.98. The third kappa shape index (κ3) is 3.97. The van der Waals surface area contributed by atoms with Gasteiger partial charge in [0.15, 0.2) is 0 Å². The first-order chi connectivity index (χ1) is 13.8. The minimum Gasteiger partial charge on any atom is -0.464 e. The molecule has 0 fully saturated rings. The molecule has 4 rings (SSSR count). The van der Waals surface area contributed by atoms with Crippen molar-refractivity contribution in [3.05, 3.63) is 77.2 Å². The van der Waals surface area contributed by atoms with Crippen molar-refractivity contribution in [3.8, 4) is 11.1 Å². The number of furan rings is 1. The Morgan fingerprint density at radius 1 is 1.14 bits per heavy atom. The molecular weight excluding hydrogens is 388 g/mol. The molecule has 0 spiro atoms. The molecule has 2 heterocycles. The standard InChI is InChI=1S/C22H22N2O4S/c1-15-20(13-17(28-15)14-23-29(2,26)27)22(25)24-12-11-19-18(9-6-10-21(19)24)16-7-4-3-5-8-16/h3-10,13,23H,11-12,14H2,1-2H3. The van der Waals surface area contributed by atoms with Gasteiger partial charge in [-0.3, -0.25) is 4.79 Å². The van der Waals surface area contributed by atoms with Gasteiger partial charge < -0.3 is 9.32 Å². The van der Waals surface area contributed by atoms with Crippen LogP contribution in [-0.4, -0.2) is 27.1 Å². The first-order valence-corrected chi connectivity index (χ1v) is 11.3. The molecule has 0 unspecified atom stereocenters. The van der Waals surface area contributed by atoms with E-state index in [0.29, 0.717) is 23.6 Å². The second kappa shape index (κ2) is 7.50. The molecule has 150 valence electrons. The van der Waals surface area contributed by atoms with Gasteiger partial charge >= 0.3 is 0 Å². The van der Waals surface area contributed by atoms with Crippen LogP contribution in [0.3, 0.4) is 0 Å². The molecule has 1 amide bonds. The van der Waals surface area contributed by atoms with E-state index in [1.165, 1.54) is 0 Å². The summed E-state index contributed by atoms with van der Waals surface area (Å²) in [4.78, 5) is 15.0. The number of nitrogens with one attached hydrogen (secondary N) is 1. The van der Waals surface area contributed by atoms with Crippen molar-refractivity contribution in [2.75, 3.05) is 17.7 Å². The molecule has 6 nitrogen and oxygen atoms in total. The maximum Gasteiger partial charge on any atom is 0.261 e. The smallest absolute Gasteiger partial charge is 0.261 e. The predicted molar refractivity (Wildman–Crippen MR) is 112 cm³/mol. The van der Waals surface area contributed by atoms with Gasteiger partial charge in [0.2, 0.25) is 10.0 Å². The fraction of sp³-hybridized carbons (Fsp3) is 0.227. The van der Waals surface area contributed by atoms with Gasteiger partial charge in [0.1, 0.15) is 11.5 Å². The highest BCUT2D eigenvalue weighted by molar-refractivity contribution is 7.88. The monoisotopic (exact) mass is 410 g/mol. The summed E-state index contributed by atoms with van der Waals surface area (Å²) in [5, 5.41) is 0. The van der Waals surface area contributed by atoms with Crippen LogP contribution < -0.4 is 9.62 Å². The normalized spacial score (nSPS) is 13.5. The van der Waals surface area contributed by atoms with Crippen LogP contribution in [0, 0.1) is 6.92 Å². The van der Waals surface area contributed by atoms with E-state index in [0.717, 1.165) is 35.1 Å². The van der Waals surface area contributed by atoms with Gasteiger partial charge in [-0.2, -0.15) is 0 Å². The molecule has 0 bridgehead atoms. The summed E-state index contributed by atoms with van der Waals surface area (Å²) < 4.78 is 30.6. The lowest BCUT2D eigenvalue weighted by Crippen LogP contribution is -2.29. The number of hydrogen-bond acceptors (Lipinski definition) is 4. The van der Waals surface area contributed by atoms with Gasteiger partial charge in [0.25, 0.3) is 5.91 Å². The number of fused-ring (bicyclic) bond motifs is 1. The first kappa shape index (κ1) is 19.4. The van der Waals surface area contributed by atoms with Crippen LogP contribution in [0.1, 0.15) is 27.4 Å². The first-order valence-electron chi connectivity index (χ1n) is 9.36. The van der Waals surface area contributed by atoms with E-state index >= 15 is 0 Å². The molecule has 0 saturated carbocycles. The Kier molecular flexibility index (Phi) is 5.02. The van der Waals surface area contributed by atoms with Crippen molar-refractivity contribution in [2.24, 2.45) is 0 Å². The number of rotatable bonds is 5. The lowest BCUT2D eigenvalue weighted by Gasteiger charge is -2.17. The fourth-order valence-electron chi connectivity index (χ4n) is 3.72. The van der Waals surface area contributed by atoms with Crippen LogP contribution in [0.4, 0.5) is 5.69 Å². The highest BCUT2D eigenvalue weighted by atomic mass is 32.2. The molecular formula is C22H22N2O4S. The molecule has 1 aromatic heterocycles. The van der Waals surface area contributed by atoms with Crippen molar-refractivity contribution < 1.29 is 17.6 Å². The number of nitrogens with zero attached hydrogens (tertiary/aromatic N) is 1. The van der Waals surface area contributed by atoms with Gasteiger partial charge in [-0.15, -0.1) is 0 Å². The number of carbonyl (C=O) groups excluding carboxylic acids is 1. The van der Waals surface area contributed by atoms with Gasteiger partial charge in [-0.25, -0.2) is 13.1 Å². The minimum atomic E-state index is -3.34. The SMILES string of the molecule is Cc1oc(CNS(C)(=O)=O)cc1C(=O)N1CCc2c(-c3ccccc3)cccc21. The third-order valence-electron chi connectivity index (χ3n) is 5.07. The third-order valence-corrected chi connectivity index (χ3v) is 5.73. The van der Waals surface area contributed by atoms with Crippen molar-refractivity contribution in [3.63, 3.8) is 0 Å². The van der Waals surface area contributed by atoms with E-state index in [9.17, 15) is 13.2 Å². The summed E-state index contributed by atoms with van der Waals surface area (Å²) in [6, 6.07) is 17.8. The van der Waals surface area contributed by atoms with E-state index in [2.05, 4.69) is 22.9 Å². The Labute approximate surface area is 170 Å². The van der Waals surface area contributed by atoms with Crippen LogP contribution in [0.25, 0.3) is 11.1 Å². The Hall–Kier alpha value is -2.90. The van der Waals surface area contributed by atoms with E-state index in [-0.39, 0.29) is 12.5 Å². The summed E-state index contributed by atoms with van der Waals surface area (Å²) in [5.41, 5.74) is 4.79. The van der Waals surface area contributed by atoms with Crippen molar-refractivity contribution in [1.82, 2.24) is 4.72 Å². The average molecular weight is 410 g/mol. The average Bonchev–Trinajstić information content (AvgIpc) is 3.29. The molecule has 0 atom stereocenters. The summed E-state index contributed by atoms with van der Waals surface area (Å²) >= 11 is 0. The highest BCUT2D eigenvalue weighted by Gasteiger charge is 2.29. The van der Waals surface area contributed by atoms with Crippen molar-refractivity contribution in [1.29, 1.82) is 0 Å². The number of carbonyl (C=O) groups is 1. The zero-order chi connectivity index (χ0) is 20.6.